The number of ether oxygens (including phenoxy) is 2. The number of anilines is 1. The van der Waals surface area contributed by atoms with E-state index in [1.807, 2.05) is 0 Å². The Kier molecular flexibility index (Phi) is 8.70. The Morgan fingerprint density at radius 1 is 1.00 bits per heavy atom. The van der Waals surface area contributed by atoms with Crippen LogP contribution in [0.3, 0.4) is 0 Å². The van der Waals surface area contributed by atoms with Crippen LogP contribution in [0.25, 0.3) is 0 Å². The van der Waals surface area contributed by atoms with Gasteiger partial charge in [-0.15, -0.1) is 5.06 Å². The average molecular weight is 566 g/mol. The number of methoxy groups -OCH3 is 1. The molecule has 1 heterocycles. The van der Waals surface area contributed by atoms with Crippen LogP contribution < -0.4 is 14.8 Å². The van der Waals surface area contributed by atoms with Gasteiger partial charge in [-0.2, -0.15) is 0 Å². The number of imide groups is 2. The van der Waals surface area contributed by atoms with E-state index >= 15 is 0 Å². The number of hydrogen-bond acceptors (Lipinski definition) is 9. The Morgan fingerprint density at radius 2 is 1.71 bits per heavy atom. The number of carbonyl (C=O) groups is 6. The van der Waals surface area contributed by atoms with Gasteiger partial charge in [0.05, 0.1) is 42.5 Å². The Bertz CT molecular complexity index is 1410. The van der Waals surface area contributed by atoms with Gasteiger partial charge < -0.3 is 19.6 Å². The molecule has 1 atom stereocenters. The third kappa shape index (κ3) is 6.21. The van der Waals surface area contributed by atoms with Gasteiger partial charge in [-0.3, -0.25) is 28.9 Å². The number of nitrogens with one attached hydrogen (secondary N) is 1. The van der Waals surface area contributed by atoms with Crippen LogP contribution in [0.15, 0.2) is 36.4 Å². The second kappa shape index (κ2) is 12.2. The maximum Gasteiger partial charge on any atom is 0.330 e. The van der Waals surface area contributed by atoms with Crippen LogP contribution >= 0.6 is 0 Å². The Balaban J connectivity index is 1.79. The van der Waals surface area contributed by atoms with E-state index in [9.17, 15) is 28.8 Å². The number of rotatable bonds is 8. The first-order chi connectivity index (χ1) is 19.5. The monoisotopic (exact) mass is 565 g/mol. The number of carbonyl (C=O) groups excluding carboxylic acids is 6. The molecule has 1 N–H and O–H groups in total. The molecule has 0 radical (unpaired) electrons. The maximum absolute atomic E-state index is 13.8. The van der Waals surface area contributed by atoms with Gasteiger partial charge in [0.15, 0.2) is 11.5 Å². The number of fused-ring (bicyclic) bond motifs is 1. The molecule has 5 amide bonds. The zero-order valence-corrected chi connectivity index (χ0v) is 23.2. The molecule has 12 heteroatoms. The van der Waals surface area contributed by atoms with E-state index in [2.05, 4.69) is 5.32 Å². The van der Waals surface area contributed by atoms with E-state index in [1.54, 1.807) is 18.2 Å². The van der Waals surface area contributed by atoms with Gasteiger partial charge in [0, 0.05) is 20.8 Å². The topological polar surface area (TPSA) is 149 Å². The van der Waals surface area contributed by atoms with Gasteiger partial charge in [0.2, 0.25) is 5.91 Å². The summed E-state index contributed by atoms with van der Waals surface area (Å²) in [4.78, 5) is 82.0. The van der Waals surface area contributed by atoms with Crippen molar-refractivity contribution >= 4 is 41.2 Å². The highest BCUT2D eigenvalue weighted by atomic mass is 16.7. The maximum atomic E-state index is 13.8. The van der Waals surface area contributed by atoms with Crippen molar-refractivity contribution in [1.82, 2.24) is 9.96 Å². The van der Waals surface area contributed by atoms with Crippen molar-refractivity contribution in [3.8, 4) is 11.5 Å². The molecular formula is C29H31N3O9. The van der Waals surface area contributed by atoms with Gasteiger partial charge in [0.1, 0.15) is 0 Å². The van der Waals surface area contributed by atoms with Crippen LogP contribution in [0.4, 0.5) is 5.69 Å². The van der Waals surface area contributed by atoms with Gasteiger partial charge in [-0.1, -0.05) is 12.1 Å². The minimum absolute atomic E-state index is 0.0236. The fourth-order valence-corrected chi connectivity index (χ4v) is 5.08. The zero-order valence-electron chi connectivity index (χ0n) is 23.2. The van der Waals surface area contributed by atoms with Crippen molar-refractivity contribution in [2.24, 2.45) is 0 Å². The third-order valence-electron chi connectivity index (χ3n) is 6.84. The second-order valence-corrected chi connectivity index (χ2v) is 9.83. The lowest BCUT2D eigenvalue weighted by molar-refractivity contribution is -0.200. The molecule has 0 aromatic heterocycles. The highest BCUT2D eigenvalue weighted by Crippen LogP contribution is 2.40. The van der Waals surface area contributed by atoms with Crippen molar-refractivity contribution in [2.45, 2.75) is 65.0 Å². The molecule has 0 bridgehead atoms. The molecular weight excluding hydrogens is 534 g/mol. The number of benzene rings is 2. The molecule has 1 aliphatic heterocycles. The molecule has 2 aromatic rings. The fourth-order valence-electron chi connectivity index (χ4n) is 5.08. The molecule has 4 rings (SSSR count). The number of amides is 5. The van der Waals surface area contributed by atoms with Crippen molar-refractivity contribution in [1.29, 1.82) is 0 Å². The van der Waals surface area contributed by atoms with E-state index in [0.29, 0.717) is 22.1 Å². The normalized spacial score (nSPS) is 15.3. The van der Waals surface area contributed by atoms with Gasteiger partial charge >= 0.3 is 5.97 Å². The zero-order chi connectivity index (χ0) is 29.8. The summed E-state index contributed by atoms with van der Waals surface area (Å²) in [5.41, 5.74) is 0.503. The minimum atomic E-state index is -1.24. The molecule has 0 unspecified atom stereocenters. The van der Waals surface area contributed by atoms with E-state index < -0.39 is 48.0 Å². The SMILES string of the molecule is COc1ccc([C@H](CC(=O)N(OC(C)=O)C(C)=O)N2C(=O)c3cccc(NC(C)=O)c3C2=O)cc1OC1CCCC1. The second-order valence-electron chi connectivity index (χ2n) is 9.83. The molecule has 0 saturated heterocycles. The minimum Gasteiger partial charge on any atom is -0.493 e. The lowest BCUT2D eigenvalue weighted by Gasteiger charge is -2.28. The van der Waals surface area contributed by atoms with Crippen LogP contribution in [0.1, 0.15) is 85.2 Å². The van der Waals surface area contributed by atoms with E-state index in [-0.39, 0.29) is 22.9 Å². The lowest BCUT2D eigenvalue weighted by Crippen LogP contribution is -2.41. The fraction of sp³-hybridized carbons (Fsp3) is 0.379. The Labute approximate surface area is 236 Å². The van der Waals surface area contributed by atoms with Crippen LogP contribution in [0, 0.1) is 0 Å². The summed E-state index contributed by atoms with van der Waals surface area (Å²) in [7, 11) is 1.48. The van der Waals surface area contributed by atoms with E-state index in [1.165, 1.54) is 32.2 Å². The van der Waals surface area contributed by atoms with Crippen molar-refractivity contribution in [3.05, 3.63) is 53.1 Å². The van der Waals surface area contributed by atoms with Crippen LogP contribution in [0.2, 0.25) is 0 Å². The van der Waals surface area contributed by atoms with Gasteiger partial charge in [0.25, 0.3) is 23.6 Å². The standard InChI is InChI=1S/C29H31N3O9/c1-16(33)30-22-11-7-10-21-27(22)29(38)31(28(21)37)23(15-26(36)32(17(2)34)41-18(3)35)19-12-13-24(39-4)25(14-19)40-20-8-5-6-9-20/h7,10-14,20,23H,5-6,8-9,15H2,1-4H3,(H,30,33)/t23-/m0/s1. The predicted molar refractivity (Wildman–Crippen MR) is 144 cm³/mol. The quantitative estimate of drug-likeness (QED) is 0.375. The molecule has 1 aliphatic carbocycles. The summed E-state index contributed by atoms with van der Waals surface area (Å²) < 4.78 is 11.7. The first-order valence-electron chi connectivity index (χ1n) is 13.2. The Morgan fingerprint density at radius 3 is 2.32 bits per heavy atom. The number of hydroxylamine groups is 2. The molecule has 12 nitrogen and oxygen atoms in total. The molecule has 1 saturated carbocycles. The first-order valence-corrected chi connectivity index (χ1v) is 13.2. The smallest absolute Gasteiger partial charge is 0.330 e. The van der Waals surface area contributed by atoms with Crippen LogP contribution in [-0.2, 0) is 24.0 Å². The molecule has 216 valence electrons. The summed E-state index contributed by atoms with van der Waals surface area (Å²) in [5, 5.41) is 2.86. The number of nitrogens with zero attached hydrogens (tertiary/aromatic N) is 2. The largest absolute Gasteiger partial charge is 0.493 e. The lowest BCUT2D eigenvalue weighted by atomic mass is 10.0. The van der Waals surface area contributed by atoms with Crippen LogP contribution in [0.5, 0.6) is 11.5 Å². The average Bonchev–Trinajstić information content (AvgIpc) is 3.51. The predicted octanol–water partition coefficient (Wildman–Crippen LogP) is 3.56. The summed E-state index contributed by atoms with van der Waals surface area (Å²) in [6.45, 7) is 3.34. The molecule has 1 fully saturated rings. The molecule has 2 aromatic carbocycles. The van der Waals surface area contributed by atoms with Crippen LogP contribution in [-0.4, -0.2) is 58.7 Å². The van der Waals surface area contributed by atoms with Crippen molar-refractivity contribution < 1.29 is 43.1 Å². The first kappa shape index (κ1) is 29.2. The summed E-state index contributed by atoms with van der Waals surface area (Å²) in [5.74, 6) is -3.81. The van der Waals surface area contributed by atoms with E-state index in [4.69, 9.17) is 14.3 Å². The highest BCUT2D eigenvalue weighted by Gasteiger charge is 2.44. The molecule has 0 spiro atoms. The highest BCUT2D eigenvalue weighted by molar-refractivity contribution is 6.24. The van der Waals surface area contributed by atoms with Gasteiger partial charge in [-0.25, -0.2) is 4.79 Å². The molecule has 2 aliphatic rings. The summed E-state index contributed by atoms with van der Waals surface area (Å²) >= 11 is 0. The summed E-state index contributed by atoms with van der Waals surface area (Å²) in [6.07, 6.45) is 3.11. The summed E-state index contributed by atoms with van der Waals surface area (Å²) in [6, 6.07) is 8.01. The molecule has 41 heavy (non-hydrogen) atoms. The van der Waals surface area contributed by atoms with Gasteiger partial charge in [-0.05, 0) is 55.5 Å². The van der Waals surface area contributed by atoms with E-state index in [0.717, 1.165) is 44.4 Å². The third-order valence-corrected chi connectivity index (χ3v) is 6.84. The number of hydrogen-bond donors (Lipinski definition) is 1. The van der Waals surface area contributed by atoms with Crippen molar-refractivity contribution in [3.63, 3.8) is 0 Å². The Hall–Kier alpha value is -4.74. The van der Waals surface area contributed by atoms with Crippen molar-refractivity contribution in [2.75, 3.05) is 12.4 Å².